The van der Waals surface area contributed by atoms with E-state index in [0.717, 1.165) is 13.5 Å². The Morgan fingerprint density at radius 2 is 2.27 bits per heavy atom. The first-order chi connectivity index (χ1) is 7.08. The fourth-order valence-electron chi connectivity index (χ4n) is 1.23. The fraction of sp³-hybridized carbons (Fsp3) is 0.778. The molecule has 0 aromatic heterocycles. The third-order valence-electron chi connectivity index (χ3n) is 2.10. The molecule has 2 atom stereocenters. The summed E-state index contributed by atoms with van der Waals surface area (Å²) in [6.07, 6.45) is 1.61. The lowest BCUT2D eigenvalue weighted by atomic mass is 9.97. The van der Waals surface area contributed by atoms with Gasteiger partial charge in [0.25, 0.3) is 0 Å². The number of nitro groups is 1. The Kier molecular flexibility index (Phi) is 6.02. The molecule has 0 aliphatic carbocycles. The highest BCUT2D eigenvalue weighted by Crippen LogP contribution is 2.15. The van der Waals surface area contributed by atoms with Crippen molar-refractivity contribution in [3.05, 3.63) is 10.1 Å². The van der Waals surface area contributed by atoms with Crippen molar-refractivity contribution in [1.29, 1.82) is 5.26 Å². The highest BCUT2D eigenvalue weighted by atomic mass is 16.6. The molecular weight excluding hydrogens is 200 g/mol. The average molecular weight is 214 g/mol. The van der Waals surface area contributed by atoms with Gasteiger partial charge in [-0.1, -0.05) is 13.3 Å². The highest BCUT2D eigenvalue weighted by molar-refractivity contribution is 5.75. The molecule has 0 radical (unpaired) electrons. The summed E-state index contributed by atoms with van der Waals surface area (Å²) in [5.74, 6) is -2.15. The van der Waals surface area contributed by atoms with E-state index in [4.69, 9.17) is 5.26 Å². The summed E-state index contributed by atoms with van der Waals surface area (Å²) < 4.78 is 4.35. The van der Waals surface area contributed by atoms with Crippen molar-refractivity contribution >= 4 is 5.97 Å². The smallest absolute Gasteiger partial charge is 0.330 e. The maximum atomic E-state index is 11.1. The summed E-state index contributed by atoms with van der Waals surface area (Å²) in [6.45, 7) is 1.89. The molecule has 15 heavy (non-hydrogen) atoms. The van der Waals surface area contributed by atoms with Crippen LogP contribution in [0, 0.1) is 27.4 Å². The lowest BCUT2D eigenvalue weighted by Crippen LogP contribution is -2.34. The molecule has 0 aromatic rings. The van der Waals surface area contributed by atoms with Crippen molar-refractivity contribution in [3.63, 3.8) is 0 Å². The molecule has 2 unspecified atom stereocenters. The van der Waals surface area contributed by atoms with Crippen molar-refractivity contribution in [2.75, 3.05) is 7.11 Å². The highest BCUT2D eigenvalue weighted by Gasteiger charge is 2.37. The van der Waals surface area contributed by atoms with Gasteiger partial charge in [0, 0.05) is 11.3 Å². The minimum Gasteiger partial charge on any atom is -0.468 e. The first-order valence-electron chi connectivity index (χ1n) is 4.69. The van der Waals surface area contributed by atoms with Crippen LogP contribution in [0.5, 0.6) is 0 Å². The lowest BCUT2D eigenvalue weighted by molar-refractivity contribution is -0.528. The minimum absolute atomic E-state index is 0.219. The second-order valence-corrected chi connectivity index (χ2v) is 3.12. The first-order valence-corrected chi connectivity index (χ1v) is 4.69. The Morgan fingerprint density at radius 1 is 1.67 bits per heavy atom. The number of ether oxygens (including phenoxy) is 1. The van der Waals surface area contributed by atoms with Crippen LogP contribution in [0.3, 0.4) is 0 Å². The molecule has 0 fully saturated rings. The molecule has 0 amide bonds. The van der Waals surface area contributed by atoms with E-state index in [1.165, 1.54) is 0 Å². The van der Waals surface area contributed by atoms with Crippen molar-refractivity contribution in [3.8, 4) is 6.07 Å². The molecule has 6 nitrogen and oxygen atoms in total. The number of methoxy groups -OCH3 is 1. The molecule has 0 spiro atoms. The van der Waals surface area contributed by atoms with E-state index in [1.807, 2.05) is 6.92 Å². The van der Waals surface area contributed by atoms with Gasteiger partial charge in [-0.2, -0.15) is 5.26 Å². The van der Waals surface area contributed by atoms with Crippen LogP contribution in [0.15, 0.2) is 0 Å². The van der Waals surface area contributed by atoms with E-state index in [1.54, 1.807) is 6.07 Å². The van der Waals surface area contributed by atoms with E-state index in [0.29, 0.717) is 6.42 Å². The number of hydrogen-bond acceptors (Lipinski definition) is 5. The Bertz CT molecular complexity index is 272. The lowest BCUT2D eigenvalue weighted by Gasteiger charge is -2.12. The average Bonchev–Trinajstić information content (AvgIpc) is 2.22. The van der Waals surface area contributed by atoms with Gasteiger partial charge in [0.15, 0.2) is 0 Å². The molecule has 0 rings (SSSR count). The van der Waals surface area contributed by atoms with Gasteiger partial charge < -0.3 is 4.74 Å². The molecule has 0 N–H and O–H groups in total. The fourth-order valence-corrected chi connectivity index (χ4v) is 1.23. The zero-order chi connectivity index (χ0) is 11.8. The normalized spacial score (nSPS) is 13.7. The van der Waals surface area contributed by atoms with Crippen LogP contribution < -0.4 is 0 Å². The maximum Gasteiger partial charge on any atom is 0.330 e. The minimum atomic E-state index is -1.31. The second-order valence-electron chi connectivity index (χ2n) is 3.12. The van der Waals surface area contributed by atoms with E-state index in [-0.39, 0.29) is 6.42 Å². The number of carbonyl (C=O) groups is 1. The zero-order valence-electron chi connectivity index (χ0n) is 8.80. The number of unbranched alkanes of at least 4 members (excludes halogenated alkanes) is 1. The number of nitrogens with zero attached hydrogens (tertiary/aromatic N) is 2. The Labute approximate surface area is 88.0 Å². The van der Waals surface area contributed by atoms with E-state index in [9.17, 15) is 14.9 Å². The van der Waals surface area contributed by atoms with Crippen LogP contribution in [-0.4, -0.2) is 24.0 Å². The standard InChI is InChI=1S/C9H14N2O4/c1-3-4-5-8(11(13)14)7(6-10)9(12)15-2/h7-8H,3-5H2,1-2H3. The molecule has 84 valence electrons. The van der Waals surface area contributed by atoms with Gasteiger partial charge >= 0.3 is 5.97 Å². The number of rotatable bonds is 6. The van der Waals surface area contributed by atoms with Crippen molar-refractivity contribution < 1.29 is 14.5 Å². The van der Waals surface area contributed by atoms with Gasteiger partial charge in [0.05, 0.1) is 13.2 Å². The Hall–Kier alpha value is -1.64. The van der Waals surface area contributed by atoms with Gasteiger partial charge in [0.2, 0.25) is 12.0 Å². The summed E-state index contributed by atoms with van der Waals surface area (Å²) in [5.41, 5.74) is 0. The van der Waals surface area contributed by atoms with E-state index in [2.05, 4.69) is 4.74 Å². The predicted octanol–water partition coefficient (Wildman–Crippen LogP) is 1.13. The first kappa shape index (κ1) is 13.4. The summed E-state index contributed by atoms with van der Waals surface area (Å²) in [5, 5.41) is 19.4. The van der Waals surface area contributed by atoms with Crippen LogP contribution in [0.2, 0.25) is 0 Å². The molecular formula is C9H14N2O4. The molecule has 0 aliphatic rings. The summed E-state index contributed by atoms with van der Waals surface area (Å²) in [6, 6.07) is 0.462. The molecule has 0 saturated carbocycles. The van der Waals surface area contributed by atoms with Crippen LogP contribution in [0.1, 0.15) is 26.2 Å². The van der Waals surface area contributed by atoms with E-state index < -0.39 is 22.9 Å². The number of nitriles is 1. The van der Waals surface area contributed by atoms with Crippen LogP contribution in [-0.2, 0) is 9.53 Å². The van der Waals surface area contributed by atoms with Crippen molar-refractivity contribution in [2.45, 2.75) is 32.2 Å². The third kappa shape index (κ3) is 3.94. The quantitative estimate of drug-likeness (QED) is 0.375. The zero-order valence-corrected chi connectivity index (χ0v) is 8.80. The van der Waals surface area contributed by atoms with Crippen LogP contribution >= 0.6 is 0 Å². The Morgan fingerprint density at radius 3 is 2.60 bits per heavy atom. The Balaban J connectivity index is 4.64. The van der Waals surface area contributed by atoms with Crippen molar-refractivity contribution in [1.82, 2.24) is 0 Å². The molecule has 0 aromatic carbocycles. The summed E-state index contributed by atoms with van der Waals surface area (Å²) in [4.78, 5) is 21.2. The third-order valence-corrected chi connectivity index (χ3v) is 2.10. The van der Waals surface area contributed by atoms with Gasteiger partial charge in [-0.15, -0.1) is 0 Å². The van der Waals surface area contributed by atoms with Crippen molar-refractivity contribution in [2.24, 2.45) is 5.92 Å². The van der Waals surface area contributed by atoms with E-state index >= 15 is 0 Å². The van der Waals surface area contributed by atoms with Gasteiger partial charge in [-0.05, 0) is 6.42 Å². The molecule has 0 bridgehead atoms. The monoisotopic (exact) mass is 214 g/mol. The SMILES string of the molecule is CCCCC(C(C#N)C(=O)OC)[N+](=O)[O-]. The molecule has 0 saturated heterocycles. The summed E-state index contributed by atoms with van der Waals surface area (Å²) in [7, 11) is 1.11. The summed E-state index contributed by atoms with van der Waals surface area (Å²) >= 11 is 0. The van der Waals surface area contributed by atoms with Gasteiger partial charge in [-0.3, -0.25) is 14.9 Å². The number of hydrogen-bond donors (Lipinski definition) is 0. The maximum absolute atomic E-state index is 11.1. The number of esters is 1. The molecule has 0 aliphatic heterocycles. The van der Waals surface area contributed by atoms with Crippen LogP contribution in [0.25, 0.3) is 0 Å². The number of carbonyl (C=O) groups excluding carboxylic acids is 1. The van der Waals surface area contributed by atoms with Gasteiger partial charge in [0.1, 0.15) is 0 Å². The van der Waals surface area contributed by atoms with Crippen LogP contribution in [0.4, 0.5) is 0 Å². The predicted molar refractivity (Wildman–Crippen MR) is 51.4 cm³/mol. The molecule has 6 heteroatoms. The molecule has 0 heterocycles. The van der Waals surface area contributed by atoms with Gasteiger partial charge in [-0.25, -0.2) is 0 Å². The largest absolute Gasteiger partial charge is 0.468 e. The second kappa shape index (κ2) is 6.76. The topological polar surface area (TPSA) is 93.2 Å².